The number of aliphatic hydroxyl groups is 1. The van der Waals surface area contributed by atoms with E-state index >= 15 is 0 Å². The topological polar surface area (TPSA) is 53.0 Å². The number of aliphatic hydroxyl groups excluding tert-OH is 1. The molecule has 4 rings (SSSR count). The van der Waals surface area contributed by atoms with Crippen LogP contribution in [0.5, 0.6) is 0 Å². The molecule has 5 nitrogen and oxygen atoms in total. The molecule has 29 heavy (non-hydrogen) atoms. The molecule has 0 spiro atoms. The van der Waals surface area contributed by atoms with Crippen molar-refractivity contribution in [3.63, 3.8) is 0 Å². The molecule has 1 saturated heterocycles. The number of nitrogens with zero attached hydrogens (tertiary/aromatic N) is 2. The van der Waals surface area contributed by atoms with E-state index in [1.807, 2.05) is 24.0 Å². The summed E-state index contributed by atoms with van der Waals surface area (Å²) in [6, 6.07) is 17.0. The summed E-state index contributed by atoms with van der Waals surface area (Å²) in [4.78, 5) is 16.9. The summed E-state index contributed by atoms with van der Waals surface area (Å²) in [5.41, 5.74) is 4.94. The molecular formula is C24H30N2O3. The number of amides is 1. The molecule has 1 heterocycles. The molecule has 2 atom stereocenters. The van der Waals surface area contributed by atoms with Crippen LogP contribution in [0.4, 0.5) is 4.79 Å². The van der Waals surface area contributed by atoms with Crippen molar-refractivity contribution >= 4 is 6.09 Å². The van der Waals surface area contributed by atoms with Gasteiger partial charge < -0.3 is 14.7 Å². The van der Waals surface area contributed by atoms with Gasteiger partial charge in [-0.1, -0.05) is 55.5 Å². The lowest BCUT2D eigenvalue weighted by Gasteiger charge is -2.41. The van der Waals surface area contributed by atoms with Gasteiger partial charge in [0.1, 0.15) is 6.61 Å². The Morgan fingerprint density at radius 3 is 2.31 bits per heavy atom. The van der Waals surface area contributed by atoms with Crippen molar-refractivity contribution in [1.29, 1.82) is 0 Å². The number of rotatable bonds is 5. The molecule has 0 saturated carbocycles. The maximum Gasteiger partial charge on any atom is 0.409 e. The first-order chi connectivity index (χ1) is 14.1. The fourth-order valence-electron chi connectivity index (χ4n) is 4.71. The summed E-state index contributed by atoms with van der Waals surface area (Å²) in [7, 11) is 0. The molecule has 2 aromatic rings. The maximum absolute atomic E-state index is 12.8. The van der Waals surface area contributed by atoms with Gasteiger partial charge in [0, 0.05) is 38.1 Å². The lowest BCUT2D eigenvalue weighted by molar-refractivity contribution is 0.0278. The first-order valence-electron chi connectivity index (χ1n) is 10.6. The van der Waals surface area contributed by atoms with Crippen molar-refractivity contribution in [3.8, 4) is 11.1 Å². The molecule has 0 aromatic heterocycles. The van der Waals surface area contributed by atoms with E-state index in [-0.39, 0.29) is 24.2 Å². The van der Waals surface area contributed by atoms with E-state index < -0.39 is 0 Å². The zero-order chi connectivity index (χ0) is 20.4. The molecule has 1 N–H and O–H groups in total. The van der Waals surface area contributed by atoms with Gasteiger partial charge >= 0.3 is 6.09 Å². The Bertz CT molecular complexity index is 821. The fraction of sp³-hybridized carbons (Fsp3) is 0.458. The summed E-state index contributed by atoms with van der Waals surface area (Å²) in [6.45, 7) is 7.01. The number of carbonyl (C=O) groups is 1. The predicted octanol–water partition coefficient (Wildman–Crippen LogP) is 3.71. The van der Waals surface area contributed by atoms with E-state index in [9.17, 15) is 9.90 Å². The highest BCUT2D eigenvalue weighted by Crippen LogP contribution is 2.44. The van der Waals surface area contributed by atoms with E-state index in [1.165, 1.54) is 22.3 Å². The highest BCUT2D eigenvalue weighted by Gasteiger charge is 2.32. The zero-order valence-corrected chi connectivity index (χ0v) is 17.3. The first kappa shape index (κ1) is 19.9. The molecule has 2 aliphatic rings. The Kier molecular flexibility index (Phi) is 5.88. The van der Waals surface area contributed by atoms with Gasteiger partial charge in [0.2, 0.25) is 0 Å². The van der Waals surface area contributed by atoms with Gasteiger partial charge in [0.05, 0.1) is 6.10 Å². The number of piperazine rings is 1. The number of hydrogen-bond donors (Lipinski definition) is 1. The molecule has 5 heteroatoms. The third-order valence-corrected chi connectivity index (χ3v) is 6.17. The minimum atomic E-state index is -0.356. The third-order valence-electron chi connectivity index (χ3n) is 6.17. The molecule has 1 aliphatic carbocycles. The average molecular weight is 395 g/mol. The Hall–Kier alpha value is -2.37. The summed E-state index contributed by atoms with van der Waals surface area (Å²) in [6.07, 6.45) is 0.354. The SMILES string of the molecule is CCC1CN(C(=O)OCC2c3ccccc3-c3ccccc32)CCN1CC(C)O. The predicted molar refractivity (Wildman–Crippen MR) is 114 cm³/mol. The minimum absolute atomic E-state index is 0.0878. The summed E-state index contributed by atoms with van der Waals surface area (Å²) in [5, 5.41) is 9.71. The van der Waals surface area contributed by atoms with Crippen molar-refractivity contribution in [2.24, 2.45) is 0 Å². The number of benzene rings is 2. The number of fused-ring (bicyclic) bond motifs is 3. The van der Waals surface area contributed by atoms with Crippen LogP contribution in [0.3, 0.4) is 0 Å². The van der Waals surface area contributed by atoms with Gasteiger partial charge in [0.25, 0.3) is 0 Å². The lowest BCUT2D eigenvalue weighted by Crippen LogP contribution is -2.56. The maximum atomic E-state index is 12.8. The second-order valence-electron chi connectivity index (χ2n) is 8.16. The largest absolute Gasteiger partial charge is 0.448 e. The van der Waals surface area contributed by atoms with Crippen LogP contribution < -0.4 is 0 Å². The van der Waals surface area contributed by atoms with E-state index in [0.29, 0.717) is 26.2 Å². The second kappa shape index (κ2) is 8.56. The molecule has 1 amide bonds. The van der Waals surface area contributed by atoms with E-state index in [4.69, 9.17) is 4.74 Å². The smallest absolute Gasteiger partial charge is 0.409 e. The number of ether oxygens (including phenoxy) is 1. The fourth-order valence-corrected chi connectivity index (χ4v) is 4.71. The average Bonchev–Trinajstić information content (AvgIpc) is 3.06. The van der Waals surface area contributed by atoms with Crippen LogP contribution >= 0.6 is 0 Å². The van der Waals surface area contributed by atoms with Crippen LogP contribution in [0.25, 0.3) is 11.1 Å². The van der Waals surface area contributed by atoms with Crippen LogP contribution in [-0.4, -0.2) is 65.9 Å². The summed E-state index contributed by atoms with van der Waals surface area (Å²) < 4.78 is 5.81. The van der Waals surface area contributed by atoms with Crippen molar-refractivity contribution in [2.45, 2.75) is 38.3 Å². The molecule has 0 bridgehead atoms. The van der Waals surface area contributed by atoms with Crippen LogP contribution in [0.15, 0.2) is 48.5 Å². The van der Waals surface area contributed by atoms with Crippen molar-refractivity contribution < 1.29 is 14.6 Å². The summed E-state index contributed by atoms with van der Waals surface area (Å²) >= 11 is 0. The third kappa shape index (κ3) is 4.02. The molecule has 2 aromatic carbocycles. The van der Waals surface area contributed by atoms with Gasteiger partial charge in [-0.15, -0.1) is 0 Å². The monoisotopic (exact) mass is 394 g/mol. The lowest BCUT2D eigenvalue weighted by atomic mass is 9.98. The Morgan fingerprint density at radius 2 is 1.72 bits per heavy atom. The van der Waals surface area contributed by atoms with E-state index in [2.05, 4.69) is 48.2 Å². The van der Waals surface area contributed by atoms with Gasteiger partial charge in [-0.25, -0.2) is 4.79 Å². The molecule has 0 radical (unpaired) electrons. The molecular weight excluding hydrogens is 364 g/mol. The van der Waals surface area contributed by atoms with Crippen LogP contribution in [0, 0.1) is 0 Å². The molecule has 1 aliphatic heterocycles. The number of hydrogen-bond acceptors (Lipinski definition) is 4. The molecule has 154 valence electrons. The zero-order valence-electron chi connectivity index (χ0n) is 17.3. The van der Waals surface area contributed by atoms with E-state index in [1.54, 1.807) is 0 Å². The Labute approximate surface area is 172 Å². The highest BCUT2D eigenvalue weighted by atomic mass is 16.6. The number of carbonyl (C=O) groups excluding carboxylic acids is 1. The highest BCUT2D eigenvalue weighted by molar-refractivity contribution is 5.79. The van der Waals surface area contributed by atoms with Gasteiger partial charge in [-0.3, -0.25) is 4.90 Å². The van der Waals surface area contributed by atoms with Crippen molar-refractivity contribution in [3.05, 3.63) is 59.7 Å². The van der Waals surface area contributed by atoms with Gasteiger partial charge in [-0.05, 0) is 35.6 Å². The van der Waals surface area contributed by atoms with Crippen molar-refractivity contribution in [1.82, 2.24) is 9.80 Å². The second-order valence-corrected chi connectivity index (χ2v) is 8.16. The van der Waals surface area contributed by atoms with Crippen LogP contribution in [0.1, 0.15) is 37.3 Å². The van der Waals surface area contributed by atoms with Gasteiger partial charge in [-0.2, -0.15) is 0 Å². The Balaban J connectivity index is 1.42. The summed E-state index contributed by atoms with van der Waals surface area (Å²) in [5.74, 6) is 0.0878. The van der Waals surface area contributed by atoms with Crippen molar-refractivity contribution in [2.75, 3.05) is 32.8 Å². The minimum Gasteiger partial charge on any atom is -0.448 e. The quantitative estimate of drug-likeness (QED) is 0.840. The normalized spacial score (nSPS) is 20.2. The molecule has 2 unspecified atom stereocenters. The van der Waals surface area contributed by atoms with Crippen LogP contribution in [0.2, 0.25) is 0 Å². The number of β-amino-alcohol motifs (C(OH)–C–C–N with tert-alkyl or cyclic N) is 1. The standard InChI is InChI=1S/C24H30N2O3/c1-3-18-15-26(13-12-25(18)14-17(2)27)24(28)29-16-23-21-10-6-4-8-19(21)20-9-5-7-11-22(20)23/h4-11,17-18,23,27H,3,12-16H2,1-2H3. The molecule has 1 fully saturated rings. The van der Waals surface area contributed by atoms with E-state index in [0.717, 1.165) is 13.0 Å². The van der Waals surface area contributed by atoms with Gasteiger partial charge in [0.15, 0.2) is 0 Å². The first-order valence-corrected chi connectivity index (χ1v) is 10.6. The van der Waals surface area contributed by atoms with Crippen LogP contribution in [-0.2, 0) is 4.74 Å². The Morgan fingerprint density at radius 1 is 1.10 bits per heavy atom.